The Morgan fingerprint density at radius 1 is 0.581 bits per heavy atom. The molecule has 0 atom stereocenters. The van der Waals surface area contributed by atoms with Gasteiger partial charge in [-0.1, -0.05) is 156 Å². The maximum absolute atomic E-state index is 9.66. The highest BCUT2D eigenvalue weighted by Crippen LogP contribution is 2.70. The van der Waals surface area contributed by atoms with Crippen LogP contribution in [0.5, 0.6) is 0 Å². The molecule has 7 aromatic carbocycles. The number of rotatable bonds is 5. The van der Waals surface area contributed by atoms with Gasteiger partial charge in [0.15, 0.2) is 0 Å². The van der Waals surface area contributed by atoms with Gasteiger partial charge in [0.2, 0.25) is 0 Å². The highest BCUT2D eigenvalue weighted by atomic mass is 32.1. The lowest BCUT2D eigenvalue weighted by Crippen LogP contribution is -2.60. The molecule has 4 bridgehead atoms. The monoisotopic (exact) mass is 986 g/mol. The maximum atomic E-state index is 9.66. The van der Waals surface area contributed by atoms with Crippen molar-refractivity contribution in [3.63, 3.8) is 0 Å². The van der Waals surface area contributed by atoms with Crippen LogP contribution in [0.4, 0.5) is 34.1 Å². The topological polar surface area (TPSA) is 6.48 Å². The third-order valence-corrected chi connectivity index (χ3v) is 21.7. The first-order valence-electron chi connectivity index (χ1n) is 31.3. The third kappa shape index (κ3) is 6.42. The van der Waals surface area contributed by atoms with Gasteiger partial charge in [0.05, 0.1) is 18.2 Å². The first-order valence-corrected chi connectivity index (χ1v) is 29.6. The van der Waals surface area contributed by atoms with Gasteiger partial charge in [0.1, 0.15) is 0 Å². The smallest absolute Gasteiger partial charge is 0.264 e. The molecule has 74 heavy (non-hydrogen) atoms. The van der Waals surface area contributed by atoms with Crippen molar-refractivity contribution in [3.8, 4) is 22.3 Å². The molecule has 4 heteroatoms. The normalized spacial score (nSPS) is 25.5. The van der Waals surface area contributed by atoms with Crippen LogP contribution in [0.2, 0.25) is 0 Å². The SMILES string of the molecule is [2H]c1c([2H])c([2H])c(-c2cc3c4c(c2)N(c2ccc(C5CCCCC5)cc2)c2c(sc5ccc(C(C)(C)C)cc25)B4c2ccc(C4CCCCC4)cc2N3c2cccc3c2-c2ccccc2C32C3CC4CC(C3)CC2C4)c([2H])c1[2H]. The Kier molecular flexibility index (Phi) is 8.86. The Bertz CT molecular complexity index is 3800. The number of thiophene rings is 1. The summed E-state index contributed by atoms with van der Waals surface area (Å²) >= 11 is 1.93. The van der Waals surface area contributed by atoms with E-state index in [0.29, 0.717) is 29.2 Å². The zero-order valence-electron chi connectivity index (χ0n) is 48.4. The summed E-state index contributed by atoms with van der Waals surface area (Å²) in [5.74, 6) is 3.92. The van der Waals surface area contributed by atoms with Crippen molar-refractivity contribution in [2.75, 3.05) is 9.80 Å². The fourth-order valence-electron chi connectivity index (χ4n) is 17.4. The van der Waals surface area contributed by atoms with Crippen LogP contribution in [0.25, 0.3) is 32.3 Å². The van der Waals surface area contributed by atoms with E-state index in [0.717, 1.165) is 28.9 Å². The number of anilines is 6. The van der Waals surface area contributed by atoms with Gasteiger partial charge in [0.25, 0.3) is 6.71 Å². The molecule has 0 radical (unpaired) electrons. The van der Waals surface area contributed by atoms with Crippen molar-refractivity contribution in [3.05, 3.63) is 173 Å². The molecule has 8 aromatic rings. The van der Waals surface area contributed by atoms with Gasteiger partial charge in [-0.3, -0.25) is 0 Å². The van der Waals surface area contributed by atoms with Crippen molar-refractivity contribution in [1.82, 2.24) is 0 Å². The Balaban J connectivity index is 1.02. The molecule has 0 saturated heterocycles. The molecule has 7 aliphatic carbocycles. The van der Waals surface area contributed by atoms with Crippen LogP contribution in [-0.4, -0.2) is 6.71 Å². The second-order valence-electron chi connectivity index (χ2n) is 25.3. The fourth-order valence-corrected chi connectivity index (χ4v) is 18.7. The first kappa shape index (κ1) is 39.6. The standard InChI is InChI=1S/C70H69BN2S/c1-69(2,3)51-29-33-64-56(42-51)67-68(74-64)71-59-32-28-49(46-18-9-5-10-19-46)39-61(59)73(60-25-15-24-58-65(60)55-22-13-14-23-57(55)70(58)52-35-43-34-44(37-52)38-53(70)36-43)63-41-50(47-20-11-6-12-21-47)40-62(66(63)71)72(67)54-30-26-48(27-31-54)45-16-7-4-8-17-45/h6,11-15,20-33,39-46,52-53H,4-5,7-10,16-19,34-38H2,1-3H3/i6D,11D,12D,20D,21D. The predicted molar refractivity (Wildman–Crippen MR) is 315 cm³/mol. The van der Waals surface area contributed by atoms with Gasteiger partial charge in [-0.05, 0) is 203 Å². The summed E-state index contributed by atoms with van der Waals surface area (Å²) in [4.78, 5) is 5.15. The Morgan fingerprint density at radius 2 is 1.24 bits per heavy atom. The molecule has 0 amide bonds. The number of fused-ring (bicyclic) bond motifs is 9. The van der Waals surface area contributed by atoms with E-state index in [1.807, 2.05) is 11.3 Å². The minimum atomic E-state index is -0.371. The van der Waals surface area contributed by atoms with Gasteiger partial charge >= 0.3 is 0 Å². The van der Waals surface area contributed by atoms with E-state index in [1.165, 1.54) is 178 Å². The van der Waals surface area contributed by atoms with Crippen LogP contribution in [0, 0.1) is 23.7 Å². The molecule has 1 spiro atoms. The molecule has 3 heterocycles. The van der Waals surface area contributed by atoms with Crippen molar-refractivity contribution >= 4 is 78.0 Å². The minimum Gasteiger partial charge on any atom is -0.311 e. The summed E-state index contributed by atoms with van der Waals surface area (Å²) in [5, 5.41) is 1.23. The number of hydrogen-bond donors (Lipinski definition) is 0. The highest BCUT2D eigenvalue weighted by Gasteiger charge is 2.62. The predicted octanol–water partition coefficient (Wildman–Crippen LogP) is 17.8. The van der Waals surface area contributed by atoms with Crippen LogP contribution < -0.4 is 25.5 Å². The second kappa shape index (κ2) is 16.6. The quantitative estimate of drug-likeness (QED) is 0.159. The summed E-state index contributed by atoms with van der Waals surface area (Å²) in [5.41, 5.74) is 19.8. The van der Waals surface area contributed by atoms with Gasteiger partial charge in [0, 0.05) is 48.6 Å². The van der Waals surface area contributed by atoms with Gasteiger partial charge < -0.3 is 9.80 Å². The second-order valence-corrected chi connectivity index (χ2v) is 26.4. The number of hydrogen-bond acceptors (Lipinski definition) is 3. The van der Waals surface area contributed by atoms with E-state index >= 15 is 0 Å². The van der Waals surface area contributed by atoms with Gasteiger partial charge in [-0.25, -0.2) is 0 Å². The molecule has 2 aliphatic heterocycles. The zero-order valence-corrected chi connectivity index (χ0v) is 44.2. The van der Waals surface area contributed by atoms with E-state index in [2.05, 4.69) is 146 Å². The summed E-state index contributed by atoms with van der Waals surface area (Å²) in [7, 11) is 0. The fraction of sp³-hybridized carbons (Fsp3) is 0.371. The average Bonchev–Trinajstić information content (AvgIpc) is 4.00. The number of nitrogens with zero attached hydrogens (tertiary/aromatic N) is 2. The van der Waals surface area contributed by atoms with E-state index in [-0.39, 0.29) is 53.3 Å². The zero-order chi connectivity index (χ0) is 53.4. The average molecular weight is 986 g/mol. The molecule has 0 N–H and O–H groups in total. The molecule has 1 aromatic heterocycles. The van der Waals surface area contributed by atoms with E-state index in [4.69, 9.17) is 4.11 Å². The van der Waals surface area contributed by atoms with E-state index in [1.54, 1.807) is 0 Å². The summed E-state index contributed by atoms with van der Waals surface area (Å²) in [6, 6.07) is 44.0. The van der Waals surface area contributed by atoms with Gasteiger partial charge in [-0.15, -0.1) is 11.3 Å². The Labute approximate surface area is 451 Å². The number of benzene rings is 7. The lowest BCUT2D eigenvalue weighted by atomic mass is 9.36. The van der Waals surface area contributed by atoms with E-state index < -0.39 is 0 Å². The molecular formula is C70H69BN2S. The third-order valence-electron chi connectivity index (χ3n) is 20.4. The van der Waals surface area contributed by atoms with Gasteiger partial charge in [-0.2, -0.15) is 0 Å². The molecular weight excluding hydrogens is 912 g/mol. The molecule has 2 nitrogen and oxygen atoms in total. The molecule has 0 unspecified atom stereocenters. The van der Waals surface area contributed by atoms with Crippen molar-refractivity contribution < 1.29 is 6.85 Å². The maximum Gasteiger partial charge on any atom is 0.264 e. The van der Waals surface area contributed by atoms with Crippen molar-refractivity contribution in [2.24, 2.45) is 23.7 Å². The molecule has 17 rings (SSSR count). The summed E-state index contributed by atoms with van der Waals surface area (Å²) in [6.45, 7) is 6.79. The summed E-state index contributed by atoms with van der Waals surface area (Å²) < 4.78 is 48.9. The Hall–Kier alpha value is -5.84. The van der Waals surface area contributed by atoms with Crippen LogP contribution in [0.1, 0.15) is 164 Å². The molecule has 368 valence electrons. The highest BCUT2D eigenvalue weighted by molar-refractivity contribution is 7.33. The van der Waals surface area contributed by atoms with Crippen LogP contribution in [0.3, 0.4) is 0 Å². The largest absolute Gasteiger partial charge is 0.311 e. The first-order chi connectivity index (χ1) is 38.4. The van der Waals surface area contributed by atoms with Crippen LogP contribution in [-0.2, 0) is 10.8 Å². The van der Waals surface area contributed by atoms with Crippen LogP contribution >= 0.6 is 11.3 Å². The summed E-state index contributed by atoms with van der Waals surface area (Å²) in [6.07, 6.45) is 19.1. The molecule has 6 saturated carbocycles. The lowest BCUT2D eigenvalue weighted by molar-refractivity contribution is -0.0399. The molecule has 9 aliphatic rings. The Morgan fingerprint density at radius 3 is 1.96 bits per heavy atom. The molecule has 6 fully saturated rings. The minimum absolute atomic E-state index is 0.0342. The lowest BCUT2D eigenvalue weighted by Gasteiger charge is -2.61. The van der Waals surface area contributed by atoms with E-state index in [9.17, 15) is 2.74 Å². The van der Waals surface area contributed by atoms with Crippen LogP contribution in [0.15, 0.2) is 145 Å². The van der Waals surface area contributed by atoms with Crippen molar-refractivity contribution in [2.45, 2.75) is 140 Å². The van der Waals surface area contributed by atoms with Crippen molar-refractivity contribution in [1.29, 1.82) is 0 Å².